The molecule has 1 aromatic heterocycles. The molecule has 1 aliphatic carbocycles. The maximum absolute atomic E-state index is 13.9. The number of fused-ring (bicyclic) bond motifs is 1. The number of nitrogens with one attached hydrogen (secondary N) is 2. The molecule has 2 aromatic rings. The van der Waals surface area contributed by atoms with E-state index >= 15 is 0 Å². The smallest absolute Gasteiger partial charge is 0.409 e. The van der Waals surface area contributed by atoms with Gasteiger partial charge in [0.05, 0.1) is 24.8 Å². The number of carbonyl (C=O) groups excluding carboxylic acids is 6. The highest BCUT2D eigenvalue weighted by atomic mass is 16.6. The Hall–Kier alpha value is -4.99. The second-order valence-electron chi connectivity index (χ2n) is 14.3. The maximum Gasteiger partial charge on any atom is 0.409 e. The van der Waals surface area contributed by atoms with E-state index in [4.69, 9.17) is 18.9 Å². The molecule has 300 valence electrons. The van der Waals surface area contributed by atoms with Gasteiger partial charge in [0.2, 0.25) is 11.8 Å². The van der Waals surface area contributed by atoms with Crippen LogP contribution in [-0.4, -0.2) is 139 Å². The van der Waals surface area contributed by atoms with Crippen LogP contribution >= 0.6 is 0 Å². The summed E-state index contributed by atoms with van der Waals surface area (Å²) in [5, 5.41) is 6.41. The van der Waals surface area contributed by atoms with Crippen LogP contribution in [0.2, 0.25) is 0 Å². The molecule has 3 heterocycles. The van der Waals surface area contributed by atoms with Crippen LogP contribution in [0.1, 0.15) is 81.3 Å². The van der Waals surface area contributed by atoms with Crippen LogP contribution in [0, 0.1) is 6.92 Å². The highest BCUT2D eigenvalue weighted by Crippen LogP contribution is 2.28. The predicted molar refractivity (Wildman–Crippen MR) is 200 cm³/mol. The average Bonchev–Trinajstić information content (AvgIpc) is 3.67. The number of carbonyl (C=O) groups is 6. The largest absolute Gasteiger partial charge is 0.483 e. The van der Waals surface area contributed by atoms with E-state index in [1.54, 1.807) is 36.0 Å². The fourth-order valence-corrected chi connectivity index (χ4v) is 6.78. The summed E-state index contributed by atoms with van der Waals surface area (Å²) in [4.78, 5) is 88.3. The Bertz CT molecular complexity index is 1710. The van der Waals surface area contributed by atoms with Gasteiger partial charge in [0.15, 0.2) is 6.61 Å². The number of nitrogens with zero attached hydrogens (tertiary/aromatic N) is 4. The van der Waals surface area contributed by atoms with E-state index in [1.165, 1.54) is 11.0 Å². The normalized spacial score (nSPS) is 18.3. The van der Waals surface area contributed by atoms with Crippen molar-refractivity contribution in [2.24, 2.45) is 0 Å². The van der Waals surface area contributed by atoms with E-state index in [1.807, 2.05) is 19.9 Å². The first kappa shape index (κ1) is 41.2. The summed E-state index contributed by atoms with van der Waals surface area (Å²) in [5.74, 6) is -1.87. The monoisotopic (exact) mass is 766 g/mol. The van der Waals surface area contributed by atoms with E-state index in [-0.39, 0.29) is 94.2 Å². The van der Waals surface area contributed by atoms with Gasteiger partial charge in [-0.1, -0.05) is 6.07 Å². The van der Waals surface area contributed by atoms with E-state index in [0.29, 0.717) is 36.7 Å². The third kappa shape index (κ3) is 11.0. The minimum absolute atomic E-state index is 0.0444. The molecule has 2 saturated heterocycles. The van der Waals surface area contributed by atoms with Crippen LogP contribution < -0.4 is 15.4 Å². The number of benzene rings is 1. The van der Waals surface area contributed by atoms with Crippen molar-refractivity contribution in [2.75, 3.05) is 59.7 Å². The second-order valence-corrected chi connectivity index (χ2v) is 14.3. The SMILES string of the molecule is CCOC(=O)N1CCN(C(=O)[C@H](CCC(=O)OCCC(C)OC)NC(=O)c2cc(OCC(=O)N3CCC[C@H]3C(=O)NC3CCC3)c3ccc(C)cc3n2)CC1. The number of pyridine rings is 1. The van der Waals surface area contributed by atoms with Gasteiger partial charge >= 0.3 is 12.1 Å². The molecule has 3 aliphatic rings. The molecule has 3 fully saturated rings. The van der Waals surface area contributed by atoms with Gasteiger partial charge in [-0.25, -0.2) is 9.78 Å². The number of likely N-dealkylation sites (tertiary alicyclic amines) is 1. The summed E-state index contributed by atoms with van der Waals surface area (Å²) in [6.45, 7) is 6.85. The van der Waals surface area contributed by atoms with E-state index in [0.717, 1.165) is 24.8 Å². The Morgan fingerprint density at radius 3 is 2.36 bits per heavy atom. The van der Waals surface area contributed by atoms with Gasteiger partial charge in [-0.05, 0) is 77.0 Å². The number of aromatic nitrogens is 1. The maximum atomic E-state index is 13.9. The lowest BCUT2D eigenvalue weighted by Gasteiger charge is -2.36. The zero-order chi connectivity index (χ0) is 39.5. The second kappa shape index (κ2) is 19.6. The van der Waals surface area contributed by atoms with Crippen LogP contribution in [0.25, 0.3) is 10.9 Å². The average molecular weight is 767 g/mol. The Balaban J connectivity index is 1.30. The predicted octanol–water partition coefficient (Wildman–Crippen LogP) is 2.73. The molecule has 16 nitrogen and oxygen atoms in total. The zero-order valence-electron chi connectivity index (χ0n) is 32.3. The molecule has 16 heteroatoms. The third-order valence-corrected chi connectivity index (χ3v) is 10.4. The molecule has 1 unspecified atom stereocenters. The minimum atomic E-state index is -1.12. The van der Waals surface area contributed by atoms with Gasteiger partial charge in [0.1, 0.15) is 23.5 Å². The number of methoxy groups -OCH3 is 1. The molecular formula is C39H54N6O10. The first-order valence-electron chi connectivity index (χ1n) is 19.3. The van der Waals surface area contributed by atoms with Crippen LogP contribution in [0.15, 0.2) is 24.3 Å². The first-order valence-corrected chi connectivity index (χ1v) is 19.3. The molecule has 2 aliphatic heterocycles. The summed E-state index contributed by atoms with van der Waals surface area (Å²) in [6, 6.07) is 5.37. The van der Waals surface area contributed by atoms with Gasteiger partial charge in [-0.15, -0.1) is 0 Å². The van der Waals surface area contributed by atoms with Crippen molar-refractivity contribution >= 4 is 46.6 Å². The summed E-state index contributed by atoms with van der Waals surface area (Å²) in [6.07, 6.45) is 4.03. The van der Waals surface area contributed by atoms with Crippen molar-refractivity contribution in [1.82, 2.24) is 30.3 Å². The highest BCUT2D eigenvalue weighted by Gasteiger charge is 2.36. The number of piperazine rings is 1. The first-order chi connectivity index (χ1) is 26.5. The van der Waals surface area contributed by atoms with Crippen LogP contribution in [-0.2, 0) is 33.4 Å². The van der Waals surface area contributed by atoms with Crippen LogP contribution in [0.4, 0.5) is 4.79 Å². The number of aryl methyl sites for hydroxylation is 1. The van der Waals surface area contributed by atoms with Crippen molar-refractivity contribution in [3.05, 3.63) is 35.5 Å². The zero-order valence-corrected chi connectivity index (χ0v) is 32.3. The Kier molecular flexibility index (Phi) is 14.6. The minimum Gasteiger partial charge on any atom is -0.483 e. The lowest BCUT2D eigenvalue weighted by atomic mass is 9.93. The molecule has 0 bridgehead atoms. The Labute approximate surface area is 321 Å². The third-order valence-electron chi connectivity index (χ3n) is 10.4. The van der Waals surface area contributed by atoms with E-state index in [2.05, 4.69) is 15.6 Å². The lowest BCUT2D eigenvalue weighted by molar-refractivity contribution is -0.145. The number of ether oxygens (including phenoxy) is 4. The lowest BCUT2D eigenvalue weighted by Crippen LogP contribution is -2.56. The van der Waals surface area contributed by atoms with Gasteiger partial charge in [-0.3, -0.25) is 24.0 Å². The summed E-state index contributed by atoms with van der Waals surface area (Å²) < 4.78 is 21.7. The molecular weight excluding hydrogens is 712 g/mol. The van der Waals surface area contributed by atoms with Crippen molar-refractivity contribution < 1.29 is 47.7 Å². The molecule has 1 aromatic carbocycles. The number of hydrogen-bond acceptors (Lipinski definition) is 11. The Morgan fingerprint density at radius 2 is 1.67 bits per heavy atom. The number of amides is 5. The molecule has 0 radical (unpaired) electrons. The fraction of sp³-hybridized carbons (Fsp3) is 0.615. The fourth-order valence-electron chi connectivity index (χ4n) is 6.78. The summed E-state index contributed by atoms with van der Waals surface area (Å²) in [5.41, 5.74) is 1.27. The standard InChI is InChI=1S/C39H54N6O10/c1-5-53-39(51)44-19-17-43(18-20-44)38(50)29(13-14-35(47)54-21-15-26(3)52-4)42-36(48)31-23-33(28-12-11-25(2)22-30(28)41-31)55-24-34(46)45-16-7-10-32(45)37(49)40-27-8-6-9-27/h11-12,22-23,26-27,29,32H,5-10,13-21,24H2,1-4H3,(H,40,49)(H,42,48)/t26?,29-,32-/m0/s1. The topological polar surface area (TPSA) is 186 Å². The van der Waals surface area contributed by atoms with Crippen molar-refractivity contribution in [3.63, 3.8) is 0 Å². The Morgan fingerprint density at radius 1 is 0.927 bits per heavy atom. The molecule has 1 saturated carbocycles. The van der Waals surface area contributed by atoms with Crippen molar-refractivity contribution in [1.29, 1.82) is 0 Å². The van der Waals surface area contributed by atoms with E-state index in [9.17, 15) is 28.8 Å². The summed E-state index contributed by atoms with van der Waals surface area (Å²) >= 11 is 0. The van der Waals surface area contributed by atoms with Gasteiger partial charge in [0.25, 0.3) is 11.8 Å². The number of hydrogen-bond donors (Lipinski definition) is 2. The van der Waals surface area contributed by atoms with Crippen LogP contribution in [0.5, 0.6) is 5.75 Å². The molecule has 5 amide bonds. The molecule has 5 rings (SSSR count). The van der Waals surface area contributed by atoms with Crippen molar-refractivity contribution in [2.45, 2.75) is 96.4 Å². The summed E-state index contributed by atoms with van der Waals surface area (Å²) in [7, 11) is 1.57. The molecule has 3 atom stereocenters. The highest BCUT2D eigenvalue weighted by molar-refractivity contribution is 5.99. The number of rotatable bonds is 16. The van der Waals surface area contributed by atoms with E-state index < -0.39 is 36.0 Å². The number of esters is 1. The van der Waals surface area contributed by atoms with Crippen LogP contribution in [0.3, 0.4) is 0 Å². The molecule has 2 N–H and O–H groups in total. The molecule has 55 heavy (non-hydrogen) atoms. The molecule has 0 spiro atoms. The van der Waals surface area contributed by atoms with Crippen molar-refractivity contribution in [3.8, 4) is 5.75 Å². The van der Waals surface area contributed by atoms with Gasteiger partial charge < -0.3 is 44.3 Å². The quantitative estimate of drug-likeness (QED) is 0.240. The van der Waals surface area contributed by atoms with Gasteiger partial charge in [-0.2, -0.15) is 0 Å². The van der Waals surface area contributed by atoms with Gasteiger partial charge in [0, 0.05) is 70.2 Å².